The van der Waals surface area contributed by atoms with Gasteiger partial charge in [-0.15, -0.1) is 12.4 Å². The van der Waals surface area contributed by atoms with E-state index in [0.717, 1.165) is 31.2 Å². The average Bonchev–Trinajstić information content (AvgIpc) is 3.16. The number of para-hydroxylation sites is 1. The summed E-state index contributed by atoms with van der Waals surface area (Å²) in [5.74, 6) is 2.29. The Morgan fingerprint density at radius 2 is 1.93 bits per heavy atom. The van der Waals surface area contributed by atoms with Gasteiger partial charge in [-0.1, -0.05) is 53.7 Å². The second kappa shape index (κ2) is 9.68. The van der Waals surface area contributed by atoms with Crippen LogP contribution in [0.2, 0.25) is 0 Å². The molecule has 4 rings (SSSR count). The fraction of sp³-hybridized carbons (Fsp3) is 0.333. The maximum Gasteiger partial charge on any atom is 0.240 e. The van der Waals surface area contributed by atoms with E-state index in [2.05, 4.69) is 44.6 Å². The second-order valence-electron chi connectivity index (χ2n) is 6.70. The van der Waals surface area contributed by atoms with Crippen molar-refractivity contribution in [1.82, 2.24) is 20.4 Å². The topological polar surface area (TPSA) is 63.4 Å². The number of benzene rings is 2. The molecule has 1 unspecified atom stereocenters. The molecule has 28 heavy (non-hydrogen) atoms. The van der Waals surface area contributed by atoms with Gasteiger partial charge < -0.3 is 14.6 Å². The minimum Gasteiger partial charge on any atom is -0.496 e. The van der Waals surface area contributed by atoms with Crippen LogP contribution < -0.4 is 10.1 Å². The van der Waals surface area contributed by atoms with Crippen molar-refractivity contribution in [3.8, 4) is 5.75 Å². The molecule has 6 nitrogen and oxygen atoms in total. The summed E-state index contributed by atoms with van der Waals surface area (Å²) in [5, 5.41) is 7.63. The molecule has 7 heteroatoms. The number of ether oxygens (including phenoxy) is 1. The van der Waals surface area contributed by atoms with E-state index < -0.39 is 0 Å². The lowest BCUT2D eigenvalue weighted by atomic mass is 10.0. The molecular formula is C21H25ClN4O2. The SMILES string of the molecule is COc1ccccc1C1CNCCN1Cc1nc(Cc2ccccc2)no1.Cl. The highest BCUT2D eigenvalue weighted by Gasteiger charge is 2.27. The summed E-state index contributed by atoms with van der Waals surface area (Å²) in [7, 11) is 1.72. The summed E-state index contributed by atoms with van der Waals surface area (Å²) in [6.45, 7) is 3.35. The van der Waals surface area contributed by atoms with E-state index in [1.54, 1.807) is 7.11 Å². The third kappa shape index (κ3) is 4.70. The zero-order valence-electron chi connectivity index (χ0n) is 15.9. The maximum absolute atomic E-state index is 5.56. The Kier molecular flexibility index (Phi) is 7.03. The van der Waals surface area contributed by atoms with E-state index in [9.17, 15) is 0 Å². The lowest BCUT2D eigenvalue weighted by molar-refractivity contribution is 0.133. The third-order valence-corrected chi connectivity index (χ3v) is 4.91. The predicted octanol–water partition coefficient (Wildman–Crippen LogP) is 3.24. The molecule has 1 fully saturated rings. The van der Waals surface area contributed by atoms with Gasteiger partial charge in [-0.25, -0.2) is 0 Å². The molecule has 1 saturated heterocycles. The number of methoxy groups -OCH3 is 1. The van der Waals surface area contributed by atoms with Crippen molar-refractivity contribution >= 4 is 12.4 Å². The molecule has 2 aromatic carbocycles. The molecule has 2 heterocycles. The van der Waals surface area contributed by atoms with Gasteiger partial charge in [0.2, 0.25) is 5.89 Å². The number of nitrogens with one attached hydrogen (secondary N) is 1. The van der Waals surface area contributed by atoms with E-state index in [4.69, 9.17) is 9.26 Å². The molecule has 0 radical (unpaired) electrons. The summed E-state index contributed by atoms with van der Waals surface area (Å²) in [6.07, 6.45) is 0.682. The van der Waals surface area contributed by atoms with Crippen LogP contribution in [0.3, 0.4) is 0 Å². The van der Waals surface area contributed by atoms with Crippen LogP contribution in [-0.2, 0) is 13.0 Å². The molecule has 148 valence electrons. The van der Waals surface area contributed by atoms with Crippen molar-refractivity contribution in [3.05, 3.63) is 77.4 Å². The largest absolute Gasteiger partial charge is 0.496 e. The Balaban J connectivity index is 0.00000225. The van der Waals surface area contributed by atoms with E-state index in [1.807, 2.05) is 30.3 Å². The van der Waals surface area contributed by atoms with Gasteiger partial charge in [0, 0.05) is 31.6 Å². The number of nitrogens with zero attached hydrogens (tertiary/aromatic N) is 3. The predicted molar refractivity (Wildman–Crippen MR) is 110 cm³/mol. The number of aromatic nitrogens is 2. The lowest BCUT2D eigenvalue weighted by Crippen LogP contribution is -2.45. The van der Waals surface area contributed by atoms with Crippen LogP contribution in [0.4, 0.5) is 0 Å². The van der Waals surface area contributed by atoms with Crippen LogP contribution in [0.15, 0.2) is 59.1 Å². The smallest absolute Gasteiger partial charge is 0.240 e. The molecule has 0 saturated carbocycles. The van der Waals surface area contributed by atoms with Crippen LogP contribution in [0, 0.1) is 0 Å². The molecule has 0 amide bonds. The van der Waals surface area contributed by atoms with E-state index in [-0.39, 0.29) is 18.4 Å². The van der Waals surface area contributed by atoms with Crippen molar-refractivity contribution in [1.29, 1.82) is 0 Å². The first kappa shape index (κ1) is 20.3. The summed E-state index contributed by atoms with van der Waals surface area (Å²) in [5.41, 5.74) is 2.36. The van der Waals surface area contributed by atoms with Crippen molar-refractivity contribution in [2.24, 2.45) is 0 Å². The molecule has 3 aromatic rings. The summed E-state index contributed by atoms with van der Waals surface area (Å²) >= 11 is 0. The van der Waals surface area contributed by atoms with Crippen LogP contribution in [0.25, 0.3) is 0 Å². The summed E-state index contributed by atoms with van der Waals surface area (Å²) < 4.78 is 11.1. The zero-order chi connectivity index (χ0) is 18.5. The average molecular weight is 401 g/mol. The van der Waals surface area contributed by atoms with Gasteiger partial charge >= 0.3 is 0 Å². The molecule has 1 aliphatic heterocycles. The van der Waals surface area contributed by atoms with Crippen LogP contribution in [0.5, 0.6) is 5.75 Å². The highest BCUT2D eigenvalue weighted by molar-refractivity contribution is 5.85. The van der Waals surface area contributed by atoms with Crippen LogP contribution in [0.1, 0.15) is 28.9 Å². The molecule has 1 atom stereocenters. The van der Waals surface area contributed by atoms with Gasteiger partial charge in [-0.2, -0.15) is 4.98 Å². The third-order valence-electron chi connectivity index (χ3n) is 4.91. The number of piperazine rings is 1. The lowest BCUT2D eigenvalue weighted by Gasteiger charge is -2.36. The number of hydrogen-bond acceptors (Lipinski definition) is 6. The zero-order valence-corrected chi connectivity index (χ0v) is 16.7. The Morgan fingerprint density at radius 3 is 2.75 bits per heavy atom. The second-order valence-corrected chi connectivity index (χ2v) is 6.70. The van der Waals surface area contributed by atoms with E-state index >= 15 is 0 Å². The van der Waals surface area contributed by atoms with Gasteiger partial charge in [0.15, 0.2) is 5.82 Å². The molecule has 1 aromatic heterocycles. The van der Waals surface area contributed by atoms with Gasteiger partial charge in [0.25, 0.3) is 0 Å². The summed E-state index contributed by atoms with van der Waals surface area (Å²) in [6, 6.07) is 18.6. The molecule has 1 N–H and O–H groups in total. The van der Waals surface area contributed by atoms with Gasteiger partial charge in [-0.05, 0) is 11.6 Å². The maximum atomic E-state index is 5.56. The quantitative estimate of drug-likeness (QED) is 0.685. The van der Waals surface area contributed by atoms with Gasteiger partial charge in [0.05, 0.1) is 19.7 Å². The minimum atomic E-state index is 0. The Labute approximate surface area is 171 Å². The molecule has 0 aliphatic carbocycles. The Hall–Kier alpha value is -2.41. The first-order valence-corrected chi connectivity index (χ1v) is 9.26. The van der Waals surface area contributed by atoms with Gasteiger partial charge in [0.1, 0.15) is 5.75 Å². The summed E-state index contributed by atoms with van der Waals surface area (Å²) in [4.78, 5) is 6.97. The normalized spacial score (nSPS) is 17.1. The fourth-order valence-corrected chi connectivity index (χ4v) is 3.56. The monoisotopic (exact) mass is 400 g/mol. The molecular weight excluding hydrogens is 376 g/mol. The van der Waals surface area contributed by atoms with E-state index in [0.29, 0.717) is 18.9 Å². The highest BCUT2D eigenvalue weighted by atomic mass is 35.5. The van der Waals surface area contributed by atoms with Crippen molar-refractivity contribution in [2.75, 3.05) is 26.7 Å². The Morgan fingerprint density at radius 1 is 1.14 bits per heavy atom. The molecule has 1 aliphatic rings. The van der Waals surface area contributed by atoms with Crippen molar-refractivity contribution < 1.29 is 9.26 Å². The number of hydrogen-bond donors (Lipinski definition) is 1. The molecule has 0 spiro atoms. The van der Waals surface area contributed by atoms with Crippen LogP contribution in [-0.4, -0.2) is 41.8 Å². The molecule has 0 bridgehead atoms. The van der Waals surface area contributed by atoms with E-state index in [1.165, 1.54) is 11.1 Å². The van der Waals surface area contributed by atoms with Crippen LogP contribution >= 0.6 is 12.4 Å². The minimum absolute atomic E-state index is 0. The van der Waals surface area contributed by atoms with Crippen molar-refractivity contribution in [3.63, 3.8) is 0 Å². The van der Waals surface area contributed by atoms with Gasteiger partial charge in [-0.3, -0.25) is 4.90 Å². The van der Waals surface area contributed by atoms with Crippen molar-refractivity contribution in [2.45, 2.75) is 19.0 Å². The highest BCUT2D eigenvalue weighted by Crippen LogP contribution is 2.30. The first-order chi connectivity index (χ1) is 13.3. The first-order valence-electron chi connectivity index (χ1n) is 9.26. The standard InChI is InChI=1S/C21H24N4O2.ClH/c1-26-19-10-6-5-9-17(19)18-14-22-11-12-25(18)15-21-23-20(24-27-21)13-16-7-3-2-4-8-16;/h2-10,18,22H,11-15H2,1H3;1H. The number of rotatable bonds is 6. The fourth-order valence-electron chi connectivity index (χ4n) is 3.56. The number of halogens is 1. The Bertz CT molecular complexity index is 872.